The molecule has 0 aromatic carbocycles. The average Bonchev–Trinajstić information content (AvgIpc) is 1.85. The monoisotopic (exact) mass is 172 g/mol. The third-order valence-electron chi connectivity index (χ3n) is 2.64. The van der Waals surface area contributed by atoms with E-state index in [0.29, 0.717) is 6.10 Å². The van der Waals surface area contributed by atoms with Crippen LogP contribution in [0.25, 0.3) is 0 Å². The van der Waals surface area contributed by atoms with E-state index >= 15 is 0 Å². The van der Waals surface area contributed by atoms with Gasteiger partial charge in [-0.3, -0.25) is 0 Å². The van der Waals surface area contributed by atoms with E-state index in [1.165, 1.54) is 0 Å². The fourth-order valence-corrected chi connectivity index (χ4v) is 2.03. The molecular formula is C11H24O. The molecule has 0 radical (unpaired) electrons. The molecule has 0 N–H and O–H groups in total. The second-order valence-corrected chi connectivity index (χ2v) is 5.32. The van der Waals surface area contributed by atoms with Gasteiger partial charge in [0.1, 0.15) is 0 Å². The van der Waals surface area contributed by atoms with Crippen LogP contribution in [0.4, 0.5) is 0 Å². The molecule has 74 valence electrons. The molecule has 0 aromatic rings. The normalized spacial score (nSPS) is 16.2. The fourth-order valence-electron chi connectivity index (χ4n) is 2.03. The van der Waals surface area contributed by atoms with Crippen LogP contribution >= 0.6 is 0 Å². The summed E-state index contributed by atoms with van der Waals surface area (Å²) < 4.78 is 5.57. The van der Waals surface area contributed by atoms with Crippen molar-refractivity contribution in [1.82, 2.24) is 0 Å². The Kier molecular flexibility index (Phi) is 3.77. The van der Waals surface area contributed by atoms with Gasteiger partial charge in [0.2, 0.25) is 0 Å². The fraction of sp³-hybridized carbons (Fsp3) is 1.00. The zero-order chi connectivity index (χ0) is 9.99. The number of hydrogen-bond acceptors (Lipinski definition) is 1. The van der Waals surface area contributed by atoms with Crippen LogP contribution in [0.2, 0.25) is 0 Å². The molecule has 1 atom stereocenters. The molecule has 0 aliphatic carbocycles. The standard InChI is InChI=1S/C11H24O/c1-8-11(5,6)9(12-7)10(2,3)4/h9H,8H2,1-7H3/t9-/m1/s1. The molecule has 0 heterocycles. The summed E-state index contributed by atoms with van der Waals surface area (Å²) in [7, 11) is 1.81. The van der Waals surface area contributed by atoms with Gasteiger partial charge in [-0.05, 0) is 17.3 Å². The van der Waals surface area contributed by atoms with Crippen LogP contribution in [-0.4, -0.2) is 13.2 Å². The van der Waals surface area contributed by atoms with Crippen molar-refractivity contribution < 1.29 is 4.74 Å². The van der Waals surface area contributed by atoms with E-state index in [1.807, 2.05) is 7.11 Å². The topological polar surface area (TPSA) is 9.23 Å². The number of rotatable bonds is 3. The molecular weight excluding hydrogens is 148 g/mol. The van der Waals surface area contributed by atoms with Crippen LogP contribution in [-0.2, 0) is 4.74 Å². The van der Waals surface area contributed by atoms with E-state index in [1.54, 1.807) is 0 Å². The van der Waals surface area contributed by atoms with Crippen molar-refractivity contribution in [3.05, 3.63) is 0 Å². The van der Waals surface area contributed by atoms with Gasteiger partial charge >= 0.3 is 0 Å². The molecule has 0 saturated carbocycles. The minimum absolute atomic E-state index is 0.230. The third kappa shape index (κ3) is 2.78. The summed E-state index contributed by atoms with van der Waals surface area (Å²) in [5.41, 5.74) is 0.501. The minimum Gasteiger partial charge on any atom is -0.380 e. The molecule has 0 aliphatic heterocycles. The zero-order valence-corrected chi connectivity index (χ0v) is 9.69. The SMILES string of the molecule is CCC(C)(C)[C@H](OC)C(C)(C)C. The molecule has 0 aromatic heterocycles. The number of hydrogen-bond donors (Lipinski definition) is 0. The zero-order valence-electron chi connectivity index (χ0n) is 9.69. The first-order valence-electron chi connectivity index (χ1n) is 4.78. The molecule has 0 rings (SSSR count). The van der Waals surface area contributed by atoms with Gasteiger partial charge in [-0.1, -0.05) is 41.5 Å². The smallest absolute Gasteiger partial charge is 0.0670 e. The molecule has 1 heteroatoms. The predicted molar refractivity (Wildman–Crippen MR) is 54.3 cm³/mol. The molecule has 0 amide bonds. The summed E-state index contributed by atoms with van der Waals surface area (Å²) in [6.45, 7) is 13.5. The first-order chi connectivity index (χ1) is 5.25. The van der Waals surface area contributed by atoms with Gasteiger partial charge < -0.3 is 4.74 Å². The van der Waals surface area contributed by atoms with Crippen LogP contribution in [0.3, 0.4) is 0 Å². The Morgan fingerprint density at radius 1 is 1.08 bits per heavy atom. The van der Waals surface area contributed by atoms with Gasteiger partial charge in [0.25, 0.3) is 0 Å². The molecule has 1 nitrogen and oxygen atoms in total. The maximum atomic E-state index is 5.57. The highest BCUT2D eigenvalue weighted by Gasteiger charge is 2.36. The van der Waals surface area contributed by atoms with Crippen molar-refractivity contribution in [2.45, 2.75) is 54.1 Å². The van der Waals surface area contributed by atoms with Crippen LogP contribution in [0.5, 0.6) is 0 Å². The molecule has 0 saturated heterocycles. The van der Waals surface area contributed by atoms with E-state index in [0.717, 1.165) is 6.42 Å². The lowest BCUT2D eigenvalue weighted by Crippen LogP contribution is -2.41. The Morgan fingerprint density at radius 3 is 1.58 bits per heavy atom. The van der Waals surface area contributed by atoms with Gasteiger partial charge in [-0.25, -0.2) is 0 Å². The maximum absolute atomic E-state index is 5.57. The quantitative estimate of drug-likeness (QED) is 0.633. The van der Waals surface area contributed by atoms with E-state index in [4.69, 9.17) is 4.74 Å². The molecule has 0 unspecified atom stereocenters. The summed E-state index contributed by atoms with van der Waals surface area (Å²) in [5.74, 6) is 0. The lowest BCUT2D eigenvalue weighted by Gasteiger charge is -2.41. The third-order valence-corrected chi connectivity index (χ3v) is 2.64. The highest BCUT2D eigenvalue weighted by molar-refractivity contribution is 4.86. The summed E-state index contributed by atoms with van der Waals surface area (Å²) in [6.07, 6.45) is 1.48. The van der Waals surface area contributed by atoms with Crippen LogP contribution < -0.4 is 0 Å². The van der Waals surface area contributed by atoms with Crippen LogP contribution in [0.1, 0.15) is 48.0 Å². The van der Waals surface area contributed by atoms with Gasteiger partial charge in [0.05, 0.1) is 6.10 Å². The van der Waals surface area contributed by atoms with Crippen molar-refractivity contribution in [3.8, 4) is 0 Å². The molecule has 0 fully saturated rings. The maximum Gasteiger partial charge on any atom is 0.0670 e. The first-order valence-corrected chi connectivity index (χ1v) is 4.78. The second kappa shape index (κ2) is 3.78. The van der Waals surface area contributed by atoms with Crippen molar-refractivity contribution in [1.29, 1.82) is 0 Å². The van der Waals surface area contributed by atoms with Crippen molar-refractivity contribution in [3.63, 3.8) is 0 Å². The van der Waals surface area contributed by atoms with Gasteiger partial charge in [0.15, 0.2) is 0 Å². The highest BCUT2D eigenvalue weighted by atomic mass is 16.5. The molecule has 0 aliphatic rings. The lowest BCUT2D eigenvalue weighted by atomic mass is 9.71. The second-order valence-electron chi connectivity index (χ2n) is 5.32. The van der Waals surface area contributed by atoms with Gasteiger partial charge in [-0.2, -0.15) is 0 Å². The van der Waals surface area contributed by atoms with E-state index in [-0.39, 0.29) is 10.8 Å². The number of ether oxygens (including phenoxy) is 1. The highest BCUT2D eigenvalue weighted by Crippen LogP contribution is 2.37. The molecule has 0 bridgehead atoms. The Morgan fingerprint density at radius 2 is 1.50 bits per heavy atom. The first kappa shape index (κ1) is 12.0. The van der Waals surface area contributed by atoms with E-state index in [9.17, 15) is 0 Å². The summed E-state index contributed by atoms with van der Waals surface area (Å²) in [6, 6.07) is 0. The van der Waals surface area contributed by atoms with Crippen LogP contribution in [0.15, 0.2) is 0 Å². The molecule has 12 heavy (non-hydrogen) atoms. The Balaban J connectivity index is 4.56. The Bertz CT molecular complexity index is 130. The Hall–Kier alpha value is -0.0400. The Labute approximate surface area is 77.5 Å². The predicted octanol–water partition coefficient (Wildman–Crippen LogP) is 3.48. The largest absolute Gasteiger partial charge is 0.380 e. The summed E-state index contributed by atoms with van der Waals surface area (Å²) in [4.78, 5) is 0. The van der Waals surface area contributed by atoms with Crippen LogP contribution in [0, 0.1) is 10.8 Å². The van der Waals surface area contributed by atoms with Crippen molar-refractivity contribution in [2.75, 3.05) is 7.11 Å². The van der Waals surface area contributed by atoms with Gasteiger partial charge in [-0.15, -0.1) is 0 Å². The van der Waals surface area contributed by atoms with Crippen molar-refractivity contribution >= 4 is 0 Å². The molecule has 0 spiro atoms. The summed E-state index contributed by atoms with van der Waals surface area (Å²) >= 11 is 0. The van der Waals surface area contributed by atoms with Crippen molar-refractivity contribution in [2.24, 2.45) is 10.8 Å². The lowest BCUT2D eigenvalue weighted by molar-refractivity contribution is -0.0654. The van der Waals surface area contributed by atoms with Gasteiger partial charge in [0, 0.05) is 7.11 Å². The number of methoxy groups -OCH3 is 1. The van der Waals surface area contributed by atoms with E-state index in [2.05, 4.69) is 41.5 Å². The summed E-state index contributed by atoms with van der Waals surface area (Å²) in [5, 5.41) is 0. The van der Waals surface area contributed by atoms with E-state index < -0.39 is 0 Å². The minimum atomic E-state index is 0.230. The average molecular weight is 172 g/mol.